The molecule has 0 radical (unpaired) electrons. The topological polar surface area (TPSA) is 69.2 Å². The molecule has 4 aromatic rings. The van der Waals surface area contributed by atoms with Crippen LogP contribution in [0.1, 0.15) is 20.7 Å². The minimum Gasteiger partial charge on any atom is -0.454 e. The number of nitrogens with zero attached hydrogens (tertiary/aromatic N) is 2. The number of benzene rings is 3. The summed E-state index contributed by atoms with van der Waals surface area (Å²) < 4.78 is 5.21. The largest absolute Gasteiger partial charge is 0.454 e. The van der Waals surface area contributed by atoms with Gasteiger partial charge in [-0.1, -0.05) is 42.5 Å². The van der Waals surface area contributed by atoms with Crippen molar-refractivity contribution in [1.82, 2.24) is 9.97 Å². The average molecular weight is 342 g/mol. The highest BCUT2D eigenvalue weighted by Crippen LogP contribution is 2.17. The highest BCUT2D eigenvalue weighted by atomic mass is 16.5. The Morgan fingerprint density at radius 3 is 2.54 bits per heavy atom. The van der Waals surface area contributed by atoms with E-state index in [0.717, 1.165) is 10.8 Å². The Labute approximate surface area is 149 Å². The Hall–Kier alpha value is -3.60. The number of hydrogen-bond acceptors (Lipinski definition) is 5. The molecule has 0 atom stereocenters. The first-order valence-corrected chi connectivity index (χ1v) is 8.11. The number of rotatable bonds is 4. The Morgan fingerprint density at radius 1 is 0.846 bits per heavy atom. The molecule has 0 amide bonds. The zero-order chi connectivity index (χ0) is 17.9. The molecule has 0 bridgehead atoms. The van der Waals surface area contributed by atoms with Gasteiger partial charge in [0.05, 0.1) is 11.1 Å². The number of ether oxygens (including phenoxy) is 1. The number of aromatic nitrogens is 2. The molecule has 0 unspecified atom stereocenters. The minimum atomic E-state index is -0.592. The Morgan fingerprint density at radius 2 is 1.65 bits per heavy atom. The zero-order valence-electron chi connectivity index (χ0n) is 13.8. The summed E-state index contributed by atoms with van der Waals surface area (Å²) in [4.78, 5) is 33.1. The third-order valence-electron chi connectivity index (χ3n) is 4.12. The van der Waals surface area contributed by atoms with Crippen LogP contribution in [0.25, 0.3) is 21.8 Å². The molecule has 1 aromatic heterocycles. The van der Waals surface area contributed by atoms with Crippen LogP contribution in [0, 0.1) is 0 Å². The first-order valence-electron chi connectivity index (χ1n) is 8.11. The van der Waals surface area contributed by atoms with Gasteiger partial charge in [0.15, 0.2) is 12.4 Å². The normalized spacial score (nSPS) is 10.8. The summed E-state index contributed by atoms with van der Waals surface area (Å²) in [7, 11) is 0. The van der Waals surface area contributed by atoms with Crippen molar-refractivity contribution in [3.63, 3.8) is 0 Å². The average Bonchev–Trinajstić information content (AvgIpc) is 2.71. The van der Waals surface area contributed by atoms with E-state index in [9.17, 15) is 9.59 Å². The summed E-state index contributed by atoms with van der Waals surface area (Å²) in [5.74, 6) is -0.847. The number of carbonyl (C=O) groups is 2. The fourth-order valence-electron chi connectivity index (χ4n) is 2.81. The van der Waals surface area contributed by atoms with E-state index in [1.807, 2.05) is 30.3 Å². The van der Waals surface area contributed by atoms with E-state index in [4.69, 9.17) is 4.74 Å². The standard InChI is InChI=1S/C21H14N2O3/c24-19(16-9-8-14-4-1-2-5-15(14)12-16)13-26-21(25)17-6-3-7-18-20(17)23-11-10-22-18/h1-12H,13H2. The van der Waals surface area contributed by atoms with Gasteiger partial charge in [0.25, 0.3) is 0 Å². The van der Waals surface area contributed by atoms with Crippen LogP contribution in [0.4, 0.5) is 0 Å². The molecule has 0 saturated carbocycles. The highest BCUT2D eigenvalue weighted by molar-refractivity contribution is 6.04. The molecule has 0 aliphatic rings. The monoisotopic (exact) mass is 342 g/mol. The van der Waals surface area contributed by atoms with Gasteiger partial charge in [0.2, 0.25) is 0 Å². The molecule has 126 valence electrons. The van der Waals surface area contributed by atoms with Crippen molar-refractivity contribution >= 4 is 33.6 Å². The van der Waals surface area contributed by atoms with Crippen molar-refractivity contribution in [1.29, 1.82) is 0 Å². The van der Waals surface area contributed by atoms with Crippen molar-refractivity contribution in [2.45, 2.75) is 0 Å². The van der Waals surface area contributed by atoms with Gasteiger partial charge in [-0.15, -0.1) is 0 Å². The van der Waals surface area contributed by atoms with Gasteiger partial charge < -0.3 is 4.74 Å². The fraction of sp³-hybridized carbons (Fsp3) is 0.0476. The number of para-hydroxylation sites is 1. The molecule has 0 aliphatic heterocycles. The molecule has 0 fully saturated rings. The smallest absolute Gasteiger partial charge is 0.340 e. The summed E-state index contributed by atoms with van der Waals surface area (Å²) in [6.45, 7) is -0.326. The van der Waals surface area contributed by atoms with Gasteiger partial charge in [-0.2, -0.15) is 0 Å². The first-order chi connectivity index (χ1) is 12.7. The summed E-state index contributed by atoms with van der Waals surface area (Å²) in [5.41, 5.74) is 1.86. The van der Waals surface area contributed by atoms with Crippen LogP contribution in [-0.4, -0.2) is 28.3 Å². The molecular weight excluding hydrogens is 328 g/mol. The second-order valence-electron chi connectivity index (χ2n) is 5.79. The number of esters is 1. The summed E-state index contributed by atoms with van der Waals surface area (Å²) in [5, 5.41) is 2.02. The lowest BCUT2D eigenvalue weighted by molar-refractivity contribution is 0.0476. The van der Waals surface area contributed by atoms with Gasteiger partial charge in [0, 0.05) is 18.0 Å². The Balaban J connectivity index is 1.52. The summed E-state index contributed by atoms with van der Waals surface area (Å²) in [6, 6.07) is 18.3. The van der Waals surface area contributed by atoms with Crippen molar-refractivity contribution < 1.29 is 14.3 Å². The molecule has 0 aliphatic carbocycles. The van der Waals surface area contributed by atoms with E-state index in [1.54, 1.807) is 36.5 Å². The predicted octanol–water partition coefficient (Wildman–Crippen LogP) is 3.82. The zero-order valence-corrected chi connectivity index (χ0v) is 13.8. The van der Waals surface area contributed by atoms with Gasteiger partial charge in [0.1, 0.15) is 5.52 Å². The third kappa shape index (κ3) is 3.02. The number of hydrogen-bond donors (Lipinski definition) is 0. The van der Waals surface area contributed by atoms with E-state index in [2.05, 4.69) is 9.97 Å². The molecule has 4 rings (SSSR count). The molecule has 0 N–H and O–H groups in total. The van der Waals surface area contributed by atoms with E-state index < -0.39 is 5.97 Å². The number of carbonyl (C=O) groups excluding carboxylic acids is 2. The van der Waals surface area contributed by atoms with E-state index in [1.165, 1.54) is 6.20 Å². The summed E-state index contributed by atoms with van der Waals surface area (Å²) >= 11 is 0. The van der Waals surface area contributed by atoms with Gasteiger partial charge in [-0.05, 0) is 29.0 Å². The van der Waals surface area contributed by atoms with Crippen LogP contribution in [0.5, 0.6) is 0 Å². The lowest BCUT2D eigenvalue weighted by Gasteiger charge is -2.07. The second kappa shape index (κ2) is 6.72. The van der Waals surface area contributed by atoms with Gasteiger partial charge in [-0.25, -0.2) is 4.79 Å². The van der Waals surface area contributed by atoms with Crippen LogP contribution in [0.3, 0.4) is 0 Å². The molecule has 5 heteroatoms. The molecule has 26 heavy (non-hydrogen) atoms. The van der Waals surface area contributed by atoms with Crippen molar-refractivity contribution in [3.05, 3.63) is 84.2 Å². The van der Waals surface area contributed by atoms with Gasteiger partial charge in [-0.3, -0.25) is 14.8 Å². The maximum Gasteiger partial charge on any atom is 0.340 e. The van der Waals surface area contributed by atoms with Crippen molar-refractivity contribution in [3.8, 4) is 0 Å². The van der Waals surface area contributed by atoms with Crippen LogP contribution >= 0.6 is 0 Å². The predicted molar refractivity (Wildman–Crippen MR) is 98.1 cm³/mol. The third-order valence-corrected chi connectivity index (χ3v) is 4.12. The Kier molecular flexibility index (Phi) is 4.11. The maximum absolute atomic E-state index is 12.4. The number of fused-ring (bicyclic) bond motifs is 2. The highest BCUT2D eigenvalue weighted by Gasteiger charge is 2.15. The molecule has 5 nitrogen and oxygen atoms in total. The van der Waals surface area contributed by atoms with E-state index >= 15 is 0 Å². The quantitative estimate of drug-likeness (QED) is 0.416. The fourth-order valence-corrected chi connectivity index (χ4v) is 2.81. The lowest BCUT2D eigenvalue weighted by Crippen LogP contribution is -2.14. The molecule has 0 saturated heterocycles. The van der Waals surface area contributed by atoms with Gasteiger partial charge >= 0.3 is 5.97 Å². The molecular formula is C21H14N2O3. The van der Waals surface area contributed by atoms with Crippen LogP contribution in [0.2, 0.25) is 0 Å². The number of ketones is 1. The molecule has 0 spiro atoms. The number of Topliss-reactive ketones (excluding diaryl/α,β-unsaturated/α-hetero) is 1. The van der Waals surface area contributed by atoms with Crippen LogP contribution in [-0.2, 0) is 4.74 Å². The lowest BCUT2D eigenvalue weighted by atomic mass is 10.0. The van der Waals surface area contributed by atoms with E-state index in [0.29, 0.717) is 22.2 Å². The molecule has 1 heterocycles. The minimum absolute atomic E-state index is 0.254. The molecule has 3 aromatic carbocycles. The SMILES string of the molecule is O=C(COC(=O)c1cccc2nccnc12)c1ccc2ccccc2c1. The second-order valence-corrected chi connectivity index (χ2v) is 5.79. The van der Waals surface area contributed by atoms with Crippen molar-refractivity contribution in [2.24, 2.45) is 0 Å². The van der Waals surface area contributed by atoms with Crippen LogP contribution in [0.15, 0.2) is 73.1 Å². The summed E-state index contributed by atoms with van der Waals surface area (Å²) in [6.07, 6.45) is 3.07. The van der Waals surface area contributed by atoms with Crippen LogP contribution < -0.4 is 0 Å². The first kappa shape index (κ1) is 15.9. The maximum atomic E-state index is 12.4. The Bertz CT molecular complexity index is 1130. The van der Waals surface area contributed by atoms with Crippen molar-refractivity contribution in [2.75, 3.05) is 6.61 Å². The van der Waals surface area contributed by atoms with E-state index in [-0.39, 0.29) is 12.4 Å².